The Morgan fingerprint density at radius 3 is 2.81 bits per heavy atom. The van der Waals surface area contributed by atoms with Crippen LogP contribution >= 0.6 is 11.8 Å². The maximum atomic E-state index is 12.4. The molecule has 0 unspecified atom stereocenters. The summed E-state index contributed by atoms with van der Waals surface area (Å²) in [5, 5.41) is 3.17. The van der Waals surface area contributed by atoms with Crippen molar-refractivity contribution >= 4 is 35.2 Å². The van der Waals surface area contributed by atoms with Crippen molar-refractivity contribution in [1.29, 1.82) is 0 Å². The molecule has 2 amide bonds. The van der Waals surface area contributed by atoms with Gasteiger partial charge in [0.15, 0.2) is 0 Å². The van der Waals surface area contributed by atoms with Crippen LogP contribution in [0.1, 0.15) is 20.3 Å². The van der Waals surface area contributed by atoms with Gasteiger partial charge < -0.3 is 14.8 Å². The van der Waals surface area contributed by atoms with Gasteiger partial charge in [0.1, 0.15) is 12.3 Å². The van der Waals surface area contributed by atoms with E-state index in [2.05, 4.69) is 5.32 Å². The largest absolute Gasteiger partial charge is 0.491 e. The number of rotatable bonds is 8. The van der Waals surface area contributed by atoms with Crippen molar-refractivity contribution in [2.75, 3.05) is 30.8 Å². The number of benzene rings is 1. The van der Waals surface area contributed by atoms with Gasteiger partial charge in [-0.05, 0) is 25.5 Å². The molecular formula is C18H22N2O5S. The smallest absolute Gasteiger partial charge is 0.333 e. The van der Waals surface area contributed by atoms with Crippen LogP contribution in [0.25, 0.3) is 0 Å². The van der Waals surface area contributed by atoms with Crippen LogP contribution in [0.3, 0.4) is 0 Å². The van der Waals surface area contributed by atoms with Crippen LogP contribution in [-0.2, 0) is 19.1 Å². The minimum absolute atomic E-state index is 0.181. The average molecular weight is 378 g/mol. The molecule has 0 radical (unpaired) electrons. The summed E-state index contributed by atoms with van der Waals surface area (Å²) in [4.78, 5) is 37.3. The Morgan fingerprint density at radius 1 is 1.31 bits per heavy atom. The molecule has 1 fully saturated rings. The Morgan fingerprint density at radius 2 is 2.08 bits per heavy atom. The molecule has 0 atom stereocenters. The van der Waals surface area contributed by atoms with Crippen molar-refractivity contribution < 1.29 is 23.9 Å². The highest BCUT2D eigenvalue weighted by atomic mass is 32.2. The number of nitrogens with one attached hydrogen (secondary N) is 1. The summed E-state index contributed by atoms with van der Waals surface area (Å²) in [5.74, 6) is -0.366. The Bertz CT molecular complexity index is 705. The Hall–Kier alpha value is -2.48. The summed E-state index contributed by atoms with van der Waals surface area (Å²) in [6, 6.07) is 7.12. The van der Waals surface area contributed by atoms with Crippen LogP contribution in [-0.4, -0.2) is 48.2 Å². The molecule has 1 aliphatic heterocycles. The number of esters is 1. The molecule has 0 aromatic heterocycles. The van der Waals surface area contributed by atoms with E-state index in [1.54, 1.807) is 25.1 Å². The second-order valence-electron chi connectivity index (χ2n) is 5.40. The third-order valence-corrected chi connectivity index (χ3v) is 4.39. The van der Waals surface area contributed by atoms with Gasteiger partial charge in [-0.3, -0.25) is 14.5 Å². The van der Waals surface area contributed by atoms with E-state index in [9.17, 15) is 14.4 Å². The molecule has 140 valence electrons. The molecule has 7 nitrogen and oxygen atoms in total. The van der Waals surface area contributed by atoms with Crippen LogP contribution in [0.15, 0.2) is 35.4 Å². The lowest BCUT2D eigenvalue weighted by molar-refractivity contribution is -0.137. The summed E-state index contributed by atoms with van der Waals surface area (Å²) in [6.07, 6.45) is 2.09. The lowest BCUT2D eigenvalue weighted by Gasteiger charge is -2.17. The maximum Gasteiger partial charge on any atom is 0.333 e. The molecule has 1 saturated heterocycles. The SMILES string of the molecule is CCCOc1ccccc1NC(=O)CN1C(=O)CS/C1=C\C(=O)OCC. The number of hydrogen-bond donors (Lipinski definition) is 1. The van der Waals surface area contributed by atoms with Crippen molar-refractivity contribution in [2.24, 2.45) is 0 Å². The van der Waals surface area contributed by atoms with Crippen molar-refractivity contribution in [3.05, 3.63) is 35.4 Å². The van der Waals surface area contributed by atoms with Gasteiger partial charge >= 0.3 is 5.97 Å². The second-order valence-corrected chi connectivity index (χ2v) is 6.39. The van der Waals surface area contributed by atoms with Crippen LogP contribution in [0, 0.1) is 0 Å². The first-order chi connectivity index (χ1) is 12.5. The number of ether oxygens (including phenoxy) is 2. The van der Waals surface area contributed by atoms with Gasteiger partial charge in [-0.15, -0.1) is 0 Å². The van der Waals surface area contributed by atoms with E-state index in [4.69, 9.17) is 9.47 Å². The standard InChI is InChI=1S/C18H22N2O5S/c1-3-9-25-14-8-6-5-7-13(14)19-15(21)11-20-16(22)12-26-17(20)10-18(23)24-4-2/h5-8,10H,3-4,9,11-12H2,1-2H3,(H,19,21)/b17-10-. The molecule has 8 heteroatoms. The zero-order valence-corrected chi connectivity index (χ0v) is 15.6. The van der Waals surface area contributed by atoms with Gasteiger partial charge in [0.2, 0.25) is 11.8 Å². The predicted molar refractivity (Wildman–Crippen MR) is 99.7 cm³/mol. The normalized spacial score (nSPS) is 15.2. The molecule has 0 aliphatic carbocycles. The molecule has 1 heterocycles. The molecule has 1 N–H and O–H groups in total. The number of amides is 2. The van der Waals surface area contributed by atoms with E-state index >= 15 is 0 Å². The first kappa shape index (κ1) is 19.8. The topological polar surface area (TPSA) is 84.9 Å². The highest BCUT2D eigenvalue weighted by Crippen LogP contribution is 2.29. The predicted octanol–water partition coefficient (Wildman–Crippen LogP) is 2.39. The number of thioether (sulfide) groups is 1. The Balaban J connectivity index is 2.04. The van der Waals surface area contributed by atoms with Crippen molar-refractivity contribution in [2.45, 2.75) is 20.3 Å². The molecule has 1 aromatic rings. The van der Waals surface area contributed by atoms with Gasteiger partial charge in [-0.25, -0.2) is 4.79 Å². The minimum Gasteiger partial charge on any atom is -0.491 e. The van der Waals surface area contributed by atoms with Crippen molar-refractivity contribution in [1.82, 2.24) is 4.90 Å². The van der Waals surface area contributed by atoms with Crippen molar-refractivity contribution in [3.8, 4) is 5.75 Å². The van der Waals surface area contributed by atoms with E-state index < -0.39 is 5.97 Å². The summed E-state index contributed by atoms with van der Waals surface area (Å²) in [6.45, 7) is 4.30. The fraction of sp³-hybridized carbons (Fsp3) is 0.389. The molecular weight excluding hydrogens is 356 g/mol. The minimum atomic E-state index is -0.534. The van der Waals surface area contributed by atoms with E-state index in [0.29, 0.717) is 23.1 Å². The Kier molecular flexibility index (Phi) is 7.53. The molecule has 26 heavy (non-hydrogen) atoms. The molecule has 0 saturated carbocycles. The van der Waals surface area contributed by atoms with Crippen LogP contribution in [0.5, 0.6) is 5.75 Å². The molecule has 2 rings (SSSR count). The number of nitrogens with zero attached hydrogens (tertiary/aromatic N) is 1. The van der Waals surface area contributed by atoms with E-state index in [0.717, 1.165) is 6.42 Å². The third-order valence-electron chi connectivity index (χ3n) is 3.36. The fourth-order valence-corrected chi connectivity index (χ4v) is 3.15. The van der Waals surface area contributed by atoms with Gasteiger partial charge in [-0.1, -0.05) is 30.8 Å². The van der Waals surface area contributed by atoms with Gasteiger partial charge in [0.25, 0.3) is 0 Å². The third kappa shape index (κ3) is 5.52. The number of carbonyl (C=O) groups is 3. The maximum absolute atomic E-state index is 12.4. The molecule has 1 aliphatic rings. The monoisotopic (exact) mass is 378 g/mol. The van der Waals surface area contributed by atoms with E-state index in [1.165, 1.54) is 22.7 Å². The number of anilines is 1. The lowest BCUT2D eigenvalue weighted by Crippen LogP contribution is -2.34. The van der Waals surface area contributed by atoms with Crippen LogP contribution in [0.4, 0.5) is 5.69 Å². The quantitative estimate of drug-likeness (QED) is 0.552. The zero-order valence-electron chi connectivity index (χ0n) is 14.8. The summed E-state index contributed by atoms with van der Waals surface area (Å²) in [7, 11) is 0. The second kappa shape index (κ2) is 9.86. The average Bonchev–Trinajstić information content (AvgIpc) is 2.94. The van der Waals surface area contributed by atoms with Crippen LogP contribution in [0.2, 0.25) is 0 Å². The highest BCUT2D eigenvalue weighted by Gasteiger charge is 2.29. The highest BCUT2D eigenvalue weighted by molar-refractivity contribution is 8.04. The van der Waals surface area contributed by atoms with Gasteiger partial charge in [-0.2, -0.15) is 0 Å². The fourth-order valence-electron chi connectivity index (χ4n) is 2.23. The summed E-state index contributed by atoms with van der Waals surface area (Å²) in [5.41, 5.74) is 0.543. The van der Waals surface area contributed by atoms with Gasteiger partial charge in [0, 0.05) is 0 Å². The van der Waals surface area contributed by atoms with E-state index in [1.807, 2.05) is 13.0 Å². The number of hydrogen-bond acceptors (Lipinski definition) is 6. The number of carbonyl (C=O) groups excluding carboxylic acids is 3. The first-order valence-corrected chi connectivity index (χ1v) is 9.37. The number of para-hydroxylation sites is 2. The lowest BCUT2D eigenvalue weighted by atomic mass is 10.3. The zero-order chi connectivity index (χ0) is 18.9. The summed E-state index contributed by atoms with van der Waals surface area (Å²) < 4.78 is 10.5. The molecule has 0 bridgehead atoms. The van der Waals surface area contributed by atoms with Crippen LogP contribution < -0.4 is 10.1 Å². The Labute approximate surface area is 156 Å². The van der Waals surface area contributed by atoms with E-state index in [-0.39, 0.29) is 30.7 Å². The summed E-state index contributed by atoms with van der Waals surface area (Å²) >= 11 is 1.21. The van der Waals surface area contributed by atoms with Crippen molar-refractivity contribution in [3.63, 3.8) is 0 Å². The molecule has 1 aromatic carbocycles. The first-order valence-electron chi connectivity index (χ1n) is 8.38. The van der Waals surface area contributed by atoms with Gasteiger partial charge in [0.05, 0.1) is 35.8 Å². The molecule has 0 spiro atoms.